The Morgan fingerprint density at radius 2 is 1.94 bits per heavy atom. The lowest BCUT2D eigenvalue weighted by atomic mass is 9.91. The Bertz CT molecular complexity index is 717. The number of amides is 1. The number of aliphatic hydroxyl groups excluding tert-OH is 1. The van der Waals surface area contributed by atoms with Crippen LogP contribution in [0.25, 0.3) is 0 Å². The van der Waals surface area contributed by atoms with Crippen molar-refractivity contribution in [1.82, 2.24) is 5.32 Å². The van der Waals surface area contributed by atoms with E-state index in [1.807, 2.05) is 30.3 Å². The van der Waals surface area contributed by atoms with E-state index in [4.69, 9.17) is 18.9 Å². The summed E-state index contributed by atoms with van der Waals surface area (Å²) in [5, 5.41) is 12.1. The van der Waals surface area contributed by atoms with Gasteiger partial charge < -0.3 is 29.4 Å². The van der Waals surface area contributed by atoms with Crippen molar-refractivity contribution >= 4 is 12.1 Å². The minimum Gasteiger partial charge on any atom is -0.458 e. The van der Waals surface area contributed by atoms with E-state index in [2.05, 4.69) is 5.32 Å². The smallest absolute Gasteiger partial charge is 0.408 e. The summed E-state index contributed by atoms with van der Waals surface area (Å²) in [5.74, 6) is -0.692. The molecule has 1 fully saturated rings. The molecular weight excluding hydrogens is 414 g/mol. The molecule has 0 spiro atoms. The van der Waals surface area contributed by atoms with Gasteiger partial charge in [-0.3, -0.25) is 0 Å². The molecule has 0 radical (unpaired) electrons. The number of esters is 1. The molecular formula is C24H37NO7. The average Bonchev–Trinajstić information content (AvgIpc) is 2.72. The second kappa shape index (κ2) is 12.2. The Kier molecular flexibility index (Phi) is 9.93. The molecule has 1 aliphatic heterocycles. The zero-order chi connectivity index (χ0) is 23.7. The molecule has 1 amide bonds. The Labute approximate surface area is 190 Å². The van der Waals surface area contributed by atoms with Gasteiger partial charge in [-0.25, -0.2) is 9.59 Å². The maximum absolute atomic E-state index is 12.8. The number of carbonyl (C=O) groups is 2. The molecule has 1 aliphatic rings. The van der Waals surface area contributed by atoms with E-state index < -0.39 is 42.0 Å². The molecule has 0 saturated carbocycles. The lowest BCUT2D eigenvalue weighted by Gasteiger charge is -2.31. The van der Waals surface area contributed by atoms with E-state index in [0.29, 0.717) is 26.1 Å². The SMILES string of the molecule is CC(O)CCO[C@@H]1[C@@H](Cc2ccccc2)COC[C@H](NC(=O)OC(C)(C)C)C(=O)O[C@H]1C. The maximum atomic E-state index is 12.8. The summed E-state index contributed by atoms with van der Waals surface area (Å²) in [6.07, 6.45) is -1.06. The lowest BCUT2D eigenvalue weighted by Crippen LogP contribution is -2.47. The number of benzene rings is 1. The standard InChI is InChI=1S/C24H37NO7/c1-16(26)11-12-30-21-17(2)31-22(27)20(25-23(28)32-24(3,4)5)15-29-14-19(21)13-18-9-7-6-8-10-18/h6-10,16-17,19-21,26H,11-15H2,1-5H3,(H,25,28)/t16?,17-,19-,20-,21-/m0/s1. The topological polar surface area (TPSA) is 103 Å². The fourth-order valence-corrected chi connectivity index (χ4v) is 3.50. The van der Waals surface area contributed by atoms with Crippen molar-refractivity contribution < 1.29 is 33.6 Å². The van der Waals surface area contributed by atoms with Gasteiger partial charge in [-0.05, 0) is 53.0 Å². The van der Waals surface area contributed by atoms with Crippen molar-refractivity contribution in [3.05, 3.63) is 35.9 Å². The van der Waals surface area contributed by atoms with Gasteiger partial charge in [0, 0.05) is 12.5 Å². The lowest BCUT2D eigenvalue weighted by molar-refractivity contribution is -0.160. The predicted octanol–water partition coefficient (Wildman–Crippen LogP) is 2.86. The van der Waals surface area contributed by atoms with Gasteiger partial charge in [0.1, 0.15) is 11.7 Å². The van der Waals surface area contributed by atoms with Crippen LogP contribution >= 0.6 is 0 Å². The third-order valence-electron chi connectivity index (χ3n) is 5.01. The fraction of sp³-hybridized carbons (Fsp3) is 0.667. The first-order valence-electron chi connectivity index (χ1n) is 11.2. The number of cyclic esters (lactones) is 1. The highest BCUT2D eigenvalue weighted by atomic mass is 16.6. The number of rotatable bonds is 7. The molecule has 5 atom stereocenters. The van der Waals surface area contributed by atoms with Gasteiger partial charge >= 0.3 is 12.1 Å². The van der Waals surface area contributed by atoms with Crippen LogP contribution < -0.4 is 5.32 Å². The van der Waals surface area contributed by atoms with Crippen LogP contribution in [0.1, 0.15) is 46.6 Å². The summed E-state index contributed by atoms with van der Waals surface area (Å²) in [7, 11) is 0. The Hall–Kier alpha value is -2.16. The molecule has 1 heterocycles. The first kappa shape index (κ1) is 26.1. The molecule has 2 N–H and O–H groups in total. The number of hydrogen-bond acceptors (Lipinski definition) is 7. The van der Waals surface area contributed by atoms with Gasteiger partial charge in [-0.2, -0.15) is 0 Å². The highest BCUT2D eigenvalue weighted by Gasteiger charge is 2.36. The van der Waals surface area contributed by atoms with E-state index in [1.165, 1.54) is 0 Å². The fourth-order valence-electron chi connectivity index (χ4n) is 3.50. The monoisotopic (exact) mass is 451 g/mol. The largest absolute Gasteiger partial charge is 0.458 e. The van der Waals surface area contributed by atoms with Crippen molar-refractivity contribution in [3.8, 4) is 0 Å². The second-order valence-electron chi connectivity index (χ2n) is 9.30. The summed E-state index contributed by atoms with van der Waals surface area (Å²) in [4.78, 5) is 24.9. The number of carbonyl (C=O) groups excluding carboxylic acids is 2. The molecule has 32 heavy (non-hydrogen) atoms. The summed E-state index contributed by atoms with van der Waals surface area (Å²) in [6.45, 7) is 9.33. The van der Waals surface area contributed by atoms with Crippen LogP contribution in [0.2, 0.25) is 0 Å². The number of ether oxygens (including phenoxy) is 4. The number of hydrogen-bond donors (Lipinski definition) is 2. The Morgan fingerprint density at radius 1 is 1.25 bits per heavy atom. The van der Waals surface area contributed by atoms with Gasteiger partial charge in [0.25, 0.3) is 0 Å². The Balaban J connectivity index is 2.14. The summed E-state index contributed by atoms with van der Waals surface area (Å²) < 4.78 is 22.9. The third-order valence-corrected chi connectivity index (χ3v) is 5.01. The van der Waals surface area contributed by atoms with Crippen LogP contribution in [0.3, 0.4) is 0 Å². The van der Waals surface area contributed by atoms with Crippen LogP contribution in [0, 0.1) is 5.92 Å². The molecule has 8 nitrogen and oxygen atoms in total. The molecule has 1 aromatic rings. The van der Waals surface area contributed by atoms with Gasteiger partial charge in [-0.15, -0.1) is 0 Å². The van der Waals surface area contributed by atoms with Crippen LogP contribution in [-0.4, -0.2) is 66.9 Å². The van der Waals surface area contributed by atoms with Gasteiger partial charge in [0.2, 0.25) is 0 Å². The van der Waals surface area contributed by atoms with Crippen molar-refractivity contribution in [1.29, 1.82) is 0 Å². The normalized spacial score (nSPS) is 25.6. The van der Waals surface area contributed by atoms with E-state index in [9.17, 15) is 14.7 Å². The van der Waals surface area contributed by atoms with E-state index in [-0.39, 0.29) is 12.5 Å². The molecule has 0 aliphatic carbocycles. The zero-order valence-corrected chi connectivity index (χ0v) is 19.7. The van der Waals surface area contributed by atoms with E-state index >= 15 is 0 Å². The molecule has 1 saturated heterocycles. The number of alkyl carbamates (subject to hydrolysis) is 1. The van der Waals surface area contributed by atoms with Gasteiger partial charge in [-0.1, -0.05) is 30.3 Å². The van der Waals surface area contributed by atoms with E-state index in [1.54, 1.807) is 34.6 Å². The average molecular weight is 452 g/mol. The molecule has 8 heteroatoms. The molecule has 0 aromatic heterocycles. The van der Waals surface area contributed by atoms with Gasteiger partial charge in [0.05, 0.1) is 25.4 Å². The molecule has 2 rings (SSSR count). The molecule has 1 aromatic carbocycles. The first-order valence-corrected chi connectivity index (χ1v) is 11.2. The predicted molar refractivity (Wildman–Crippen MR) is 119 cm³/mol. The molecule has 180 valence electrons. The van der Waals surface area contributed by atoms with Crippen LogP contribution in [0.15, 0.2) is 30.3 Å². The molecule has 1 unspecified atom stereocenters. The van der Waals surface area contributed by atoms with Crippen molar-refractivity contribution in [2.24, 2.45) is 5.92 Å². The minimum atomic E-state index is -0.985. The zero-order valence-electron chi connectivity index (χ0n) is 19.7. The highest BCUT2D eigenvalue weighted by Crippen LogP contribution is 2.23. The third kappa shape index (κ3) is 9.14. The highest BCUT2D eigenvalue weighted by molar-refractivity contribution is 5.81. The van der Waals surface area contributed by atoms with E-state index in [0.717, 1.165) is 5.56 Å². The quantitative estimate of drug-likeness (QED) is 0.615. The van der Waals surface area contributed by atoms with Crippen molar-refractivity contribution in [3.63, 3.8) is 0 Å². The second-order valence-corrected chi connectivity index (χ2v) is 9.30. The number of aliphatic hydroxyl groups is 1. The Morgan fingerprint density at radius 3 is 2.56 bits per heavy atom. The van der Waals surface area contributed by atoms with Gasteiger partial charge in [0.15, 0.2) is 6.04 Å². The van der Waals surface area contributed by atoms with Crippen molar-refractivity contribution in [2.75, 3.05) is 19.8 Å². The first-order chi connectivity index (χ1) is 15.0. The summed E-state index contributed by atoms with van der Waals surface area (Å²) >= 11 is 0. The summed E-state index contributed by atoms with van der Waals surface area (Å²) in [5.41, 5.74) is 0.427. The number of nitrogens with one attached hydrogen (secondary N) is 1. The van der Waals surface area contributed by atoms with Crippen molar-refractivity contribution in [2.45, 2.75) is 77.4 Å². The minimum absolute atomic E-state index is 0.0313. The van der Waals surface area contributed by atoms with Crippen LogP contribution in [0.5, 0.6) is 0 Å². The van der Waals surface area contributed by atoms with Crippen LogP contribution in [-0.2, 0) is 30.2 Å². The van der Waals surface area contributed by atoms with Crippen LogP contribution in [0.4, 0.5) is 4.79 Å². The maximum Gasteiger partial charge on any atom is 0.408 e. The summed E-state index contributed by atoms with van der Waals surface area (Å²) in [6, 6.07) is 8.97. The molecule has 0 bridgehead atoms.